The van der Waals surface area contributed by atoms with Crippen molar-refractivity contribution in [2.24, 2.45) is 0 Å². The predicted octanol–water partition coefficient (Wildman–Crippen LogP) is 2.16. The zero-order valence-electron chi connectivity index (χ0n) is 20.7. The number of benzene rings is 2. The molecule has 192 valence electrons. The smallest absolute Gasteiger partial charge is 0.255 e. The minimum atomic E-state index is -0.625. The first-order valence-electron chi connectivity index (χ1n) is 12.7. The summed E-state index contributed by atoms with van der Waals surface area (Å²) in [6.45, 7) is 2.74. The van der Waals surface area contributed by atoms with E-state index in [2.05, 4.69) is 21.4 Å². The van der Waals surface area contributed by atoms with Crippen LogP contribution in [0.4, 0.5) is 0 Å². The third kappa shape index (κ3) is 4.64. The molecule has 0 aliphatic carbocycles. The van der Waals surface area contributed by atoms with Gasteiger partial charge in [0.15, 0.2) is 0 Å². The Balaban J connectivity index is 1.06. The van der Waals surface area contributed by atoms with Crippen LogP contribution in [-0.2, 0) is 22.7 Å². The minimum absolute atomic E-state index is 0.0266. The number of likely N-dealkylation sites (tertiary alicyclic amines) is 1. The van der Waals surface area contributed by atoms with Gasteiger partial charge in [-0.05, 0) is 54.8 Å². The van der Waals surface area contributed by atoms with Crippen LogP contribution in [0.1, 0.15) is 46.3 Å². The number of hydrogen-bond donors (Lipinski definition) is 1. The number of carbonyl (C=O) groups is 3. The van der Waals surface area contributed by atoms with Crippen LogP contribution < -0.4 is 10.1 Å². The summed E-state index contributed by atoms with van der Waals surface area (Å²) in [5.41, 5.74) is 3.94. The molecule has 10 heteroatoms. The van der Waals surface area contributed by atoms with E-state index >= 15 is 0 Å². The number of rotatable bonds is 6. The third-order valence-electron chi connectivity index (χ3n) is 7.31. The second kappa shape index (κ2) is 9.76. The number of nitrogens with one attached hydrogen (secondary N) is 1. The van der Waals surface area contributed by atoms with Crippen molar-refractivity contribution in [1.29, 1.82) is 5.26 Å². The summed E-state index contributed by atoms with van der Waals surface area (Å²) < 4.78 is 8.05. The molecule has 2 fully saturated rings. The monoisotopic (exact) mass is 510 g/mol. The zero-order chi connectivity index (χ0) is 26.2. The Kier molecular flexibility index (Phi) is 6.13. The summed E-state index contributed by atoms with van der Waals surface area (Å²) in [6.07, 6.45) is 5.32. The topological polar surface area (TPSA) is 121 Å². The first-order valence-corrected chi connectivity index (χ1v) is 12.7. The van der Waals surface area contributed by atoms with E-state index in [1.165, 1.54) is 0 Å². The average Bonchev–Trinajstić information content (AvgIpc) is 3.64. The van der Waals surface area contributed by atoms with Gasteiger partial charge < -0.3 is 9.64 Å². The molecule has 3 amide bonds. The second-order valence-electron chi connectivity index (χ2n) is 9.94. The molecule has 1 N–H and O–H groups in total. The number of amides is 3. The lowest BCUT2D eigenvalue weighted by atomic mass is 10.0. The molecular weight excluding hydrogens is 484 g/mol. The summed E-state index contributed by atoms with van der Waals surface area (Å²) >= 11 is 0. The standard InChI is InChI=1S/C28H26N6O4/c29-12-18-2-1-3-21(10-18)34-15-19(13-30-34)14-32-9-8-23(17-32)38-22-4-5-24-20(11-22)16-33(28(24)37)25-6-7-26(35)31-27(25)36/h1-5,10-11,13,15,23,25H,6-9,14,16-17H2,(H,31,35,36). The molecule has 3 aliphatic rings. The van der Waals surface area contributed by atoms with E-state index < -0.39 is 11.9 Å². The van der Waals surface area contributed by atoms with Gasteiger partial charge in [-0.1, -0.05) is 6.07 Å². The highest BCUT2D eigenvalue weighted by atomic mass is 16.5. The fourth-order valence-corrected chi connectivity index (χ4v) is 5.41. The number of imide groups is 1. The first-order chi connectivity index (χ1) is 18.5. The Bertz CT molecular complexity index is 1470. The number of aromatic nitrogens is 2. The van der Waals surface area contributed by atoms with Crippen molar-refractivity contribution in [3.63, 3.8) is 0 Å². The number of fused-ring (bicyclic) bond motifs is 1. The quantitative estimate of drug-likeness (QED) is 0.505. The van der Waals surface area contributed by atoms with E-state index in [0.717, 1.165) is 42.9 Å². The minimum Gasteiger partial charge on any atom is -0.489 e. The van der Waals surface area contributed by atoms with Crippen molar-refractivity contribution in [2.45, 2.75) is 44.5 Å². The molecule has 38 heavy (non-hydrogen) atoms. The van der Waals surface area contributed by atoms with Gasteiger partial charge in [0.25, 0.3) is 5.91 Å². The van der Waals surface area contributed by atoms with Gasteiger partial charge in [0, 0.05) is 49.9 Å². The highest BCUT2D eigenvalue weighted by molar-refractivity contribution is 6.05. The molecule has 2 saturated heterocycles. The molecule has 0 bridgehead atoms. The normalized spacial score (nSPS) is 21.3. The molecule has 10 nitrogen and oxygen atoms in total. The molecule has 0 saturated carbocycles. The lowest BCUT2D eigenvalue weighted by Crippen LogP contribution is -2.52. The van der Waals surface area contributed by atoms with E-state index in [4.69, 9.17) is 10.00 Å². The van der Waals surface area contributed by atoms with E-state index in [9.17, 15) is 14.4 Å². The van der Waals surface area contributed by atoms with Gasteiger partial charge in [-0.2, -0.15) is 10.4 Å². The second-order valence-corrected chi connectivity index (χ2v) is 9.94. The number of ether oxygens (including phenoxy) is 1. The maximum absolute atomic E-state index is 12.9. The van der Waals surface area contributed by atoms with E-state index in [1.54, 1.807) is 21.7 Å². The number of nitriles is 1. The largest absolute Gasteiger partial charge is 0.489 e. The Morgan fingerprint density at radius 3 is 2.87 bits per heavy atom. The van der Waals surface area contributed by atoms with Crippen LogP contribution in [0.2, 0.25) is 0 Å². The van der Waals surface area contributed by atoms with Gasteiger partial charge in [-0.15, -0.1) is 0 Å². The fraction of sp³-hybridized carbons (Fsp3) is 0.321. The van der Waals surface area contributed by atoms with Crippen molar-refractivity contribution in [2.75, 3.05) is 13.1 Å². The Hall–Kier alpha value is -4.49. The van der Waals surface area contributed by atoms with Crippen LogP contribution in [0, 0.1) is 11.3 Å². The Morgan fingerprint density at radius 2 is 2.03 bits per heavy atom. The molecule has 3 aliphatic heterocycles. The number of piperidine rings is 1. The van der Waals surface area contributed by atoms with Crippen LogP contribution >= 0.6 is 0 Å². The van der Waals surface area contributed by atoms with Gasteiger partial charge in [0.1, 0.15) is 17.9 Å². The lowest BCUT2D eigenvalue weighted by Gasteiger charge is -2.29. The first kappa shape index (κ1) is 23.9. The SMILES string of the molecule is N#Cc1cccc(-n2cc(CN3CCC(Oc4ccc5c(c4)CN(C4CCC(=O)NC4=O)C5=O)C3)cn2)c1. The van der Waals surface area contributed by atoms with Crippen LogP contribution in [0.15, 0.2) is 54.9 Å². The van der Waals surface area contributed by atoms with Gasteiger partial charge in [0.2, 0.25) is 11.8 Å². The molecule has 0 radical (unpaired) electrons. The van der Waals surface area contributed by atoms with E-state index in [-0.39, 0.29) is 24.3 Å². The van der Waals surface area contributed by atoms with E-state index in [1.807, 2.05) is 42.7 Å². The Labute approximate surface area is 219 Å². The summed E-state index contributed by atoms with van der Waals surface area (Å²) in [5.74, 6) is -0.186. The van der Waals surface area contributed by atoms with Gasteiger partial charge in [-0.25, -0.2) is 4.68 Å². The van der Waals surface area contributed by atoms with Gasteiger partial charge in [-0.3, -0.25) is 24.6 Å². The van der Waals surface area contributed by atoms with Crippen molar-refractivity contribution < 1.29 is 19.1 Å². The highest BCUT2D eigenvalue weighted by Crippen LogP contribution is 2.31. The number of nitrogens with zero attached hydrogens (tertiary/aromatic N) is 5. The summed E-state index contributed by atoms with van der Waals surface area (Å²) in [5, 5.41) is 15.9. The van der Waals surface area contributed by atoms with E-state index in [0.29, 0.717) is 29.8 Å². The lowest BCUT2D eigenvalue weighted by molar-refractivity contribution is -0.136. The van der Waals surface area contributed by atoms with Crippen molar-refractivity contribution in [3.05, 3.63) is 77.1 Å². The highest BCUT2D eigenvalue weighted by Gasteiger charge is 2.39. The summed E-state index contributed by atoms with van der Waals surface area (Å²) in [6, 6.07) is 14.3. The van der Waals surface area contributed by atoms with Crippen LogP contribution in [0.25, 0.3) is 5.69 Å². The van der Waals surface area contributed by atoms with Crippen LogP contribution in [-0.4, -0.2) is 62.5 Å². The number of carbonyl (C=O) groups excluding carboxylic acids is 3. The summed E-state index contributed by atoms with van der Waals surface area (Å²) in [7, 11) is 0. The molecule has 3 aromatic rings. The molecule has 1 aromatic heterocycles. The molecule has 2 aromatic carbocycles. The third-order valence-corrected chi connectivity index (χ3v) is 7.31. The maximum Gasteiger partial charge on any atom is 0.255 e. The predicted molar refractivity (Wildman–Crippen MR) is 135 cm³/mol. The molecule has 4 heterocycles. The molecule has 6 rings (SSSR count). The molecule has 2 unspecified atom stereocenters. The number of hydrogen-bond acceptors (Lipinski definition) is 7. The van der Waals surface area contributed by atoms with Crippen LogP contribution in [0.5, 0.6) is 5.75 Å². The van der Waals surface area contributed by atoms with Crippen LogP contribution in [0.3, 0.4) is 0 Å². The van der Waals surface area contributed by atoms with Gasteiger partial charge >= 0.3 is 0 Å². The van der Waals surface area contributed by atoms with Gasteiger partial charge in [0.05, 0.1) is 23.5 Å². The summed E-state index contributed by atoms with van der Waals surface area (Å²) in [4.78, 5) is 40.5. The van der Waals surface area contributed by atoms with Crippen molar-refractivity contribution in [3.8, 4) is 17.5 Å². The zero-order valence-corrected chi connectivity index (χ0v) is 20.7. The molecule has 2 atom stereocenters. The average molecular weight is 511 g/mol. The fourth-order valence-electron chi connectivity index (χ4n) is 5.41. The van der Waals surface area contributed by atoms with Crippen molar-refractivity contribution in [1.82, 2.24) is 24.9 Å². The van der Waals surface area contributed by atoms with Crippen molar-refractivity contribution >= 4 is 17.7 Å². The Morgan fingerprint density at radius 1 is 1.13 bits per heavy atom. The molecular formula is C28H26N6O4. The maximum atomic E-state index is 12.9. The molecule has 0 spiro atoms.